The number of nitrogens with zero attached hydrogens (tertiary/aromatic N) is 4. The summed E-state index contributed by atoms with van der Waals surface area (Å²) < 4.78 is 54.4. The van der Waals surface area contributed by atoms with Gasteiger partial charge in [-0.05, 0) is 20.2 Å². The molecule has 0 saturated carbocycles. The van der Waals surface area contributed by atoms with Gasteiger partial charge < -0.3 is 4.90 Å². The Labute approximate surface area is 142 Å². The maximum Gasteiger partial charge on any atom is 0.282 e. The maximum atomic E-state index is 13.9. The van der Waals surface area contributed by atoms with Crippen molar-refractivity contribution in [2.45, 2.75) is 13.0 Å². The average Bonchev–Trinajstić information content (AvgIpc) is 2.50. The van der Waals surface area contributed by atoms with E-state index in [4.69, 9.17) is 5.26 Å². The van der Waals surface area contributed by atoms with Crippen LogP contribution in [0.3, 0.4) is 0 Å². The zero-order valence-electron chi connectivity index (χ0n) is 14.0. The van der Waals surface area contributed by atoms with Gasteiger partial charge >= 0.3 is 0 Å². The molecule has 0 unspecified atom stereocenters. The van der Waals surface area contributed by atoms with Gasteiger partial charge in [0.05, 0.1) is 6.07 Å². The normalized spacial score (nSPS) is 12.1. The fourth-order valence-electron chi connectivity index (χ4n) is 1.95. The molecule has 0 fully saturated rings. The van der Waals surface area contributed by atoms with Crippen molar-refractivity contribution in [1.82, 2.24) is 13.5 Å². The average molecular weight is 360 g/mol. The lowest BCUT2D eigenvalue weighted by molar-refractivity contribution is 0.307. The van der Waals surface area contributed by atoms with Gasteiger partial charge in [-0.2, -0.15) is 22.3 Å². The van der Waals surface area contributed by atoms with Gasteiger partial charge in [-0.15, -0.1) is 0 Å². The van der Waals surface area contributed by atoms with Gasteiger partial charge in [0.2, 0.25) is 0 Å². The molecule has 0 aliphatic carbocycles. The molecule has 6 nitrogen and oxygen atoms in total. The Hall–Kier alpha value is -1.60. The molecule has 0 N–H and O–H groups in total. The topological polar surface area (TPSA) is 67.7 Å². The van der Waals surface area contributed by atoms with Crippen molar-refractivity contribution in [1.29, 1.82) is 5.26 Å². The molecule has 1 aromatic carbocycles. The Morgan fingerprint density at radius 3 is 2.33 bits per heavy atom. The number of hydrogen-bond donors (Lipinski definition) is 0. The largest absolute Gasteiger partial charge is 0.308 e. The molecule has 0 amide bonds. The number of likely N-dealkylation sites (N-methyl/N-ethyl adjacent to an activating group) is 1. The number of halogens is 2. The molecule has 1 rings (SSSR count). The molecule has 134 valence electrons. The van der Waals surface area contributed by atoms with Crippen molar-refractivity contribution in [3.8, 4) is 6.07 Å². The first-order valence-electron chi connectivity index (χ1n) is 7.35. The highest BCUT2D eigenvalue weighted by atomic mass is 32.2. The van der Waals surface area contributed by atoms with E-state index in [-0.39, 0.29) is 31.6 Å². The summed E-state index contributed by atoms with van der Waals surface area (Å²) in [5.74, 6) is -1.51. The Kier molecular flexibility index (Phi) is 7.69. The molecule has 9 heteroatoms. The van der Waals surface area contributed by atoms with Gasteiger partial charge in [0.1, 0.15) is 11.6 Å². The third-order valence-corrected chi connectivity index (χ3v) is 5.35. The van der Waals surface area contributed by atoms with Crippen LogP contribution >= 0.6 is 0 Å². The van der Waals surface area contributed by atoms with Crippen LogP contribution in [0.5, 0.6) is 0 Å². The van der Waals surface area contributed by atoms with Gasteiger partial charge in [-0.3, -0.25) is 0 Å². The first-order valence-corrected chi connectivity index (χ1v) is 8.75. The van der Waals surface area contributed by atoms with Crippen molar-refractivity contribution in [3.05, 3.63) is 35.4 Å². The highest BCUT2D eigenvalue weighted by molar-refractivity contribution is 7.86. The van der Waals surface area contributed by atoms with Crippen LogP contribution in [-0.2, 0) is 16.8 Å². The second kappa shape index (κ2) is 9.03. The molecule has 0 spiro atoms. The quantitative estimate of drug-likeness (QED) is 0.668. The predicted octanol–water partition coefficient (Wildman–Crippen LogP) is 1.42. The van der Waals surface area contributed by atoms with E-state index in [2.05, 4.69) is 0 Å². The first-order chi connectivity index (χ1) is 11.2. The van der Waals surface area contributed by atoms with Gasteiger partial charge in [-0.1, -0.05) is 6.07 Å². The number of nitriles is 1. The summed E-state index contributed by atoms with van der Waals surface area (Å²) in [5.41, 5.74) is 0.0902. The molecular formula is C15H22F2N4O2S. The number of hydrogen-bond acceptors (Lipinski definition) is 4. The highest BCUT2D eigenvalue weighted by Gasteiger charge is 2.27. The second-order valence-corrected chi connectivity index (χ2v) is 7.65. The van der Waals surface area contributed by atoms with Crippen LogP contribution in [0.15, 0.2) is 18.2 Å². The zero-order valence-corrected chi connectivity index (χ0v) is 14.9. The molecule has 0 aliphatic heterocycles. The monoisotopic (exact) mass is 360 g/mol. The third kappa shape index (κ3) is 5.79. The molecule has 0 heterocycles. The van der Waals surface area contributed by atoms with Gasteiger partial charge in [0.25, 0.3) is 10.2 Å². The van der Waals surface area contributed by atoms with Crippen LogP contribution in [-0.4, -0.2) is 62.7 Å². The van der Waals surface area contributed by atoms with Crippen molar-refractivity contribution in [2.75, 3.05) is 40.8 Å². The molecule has 0 bridgehead atoms. The van der Waals surface area contributed by atoms with Crippen molar-refractivity contribution in [2.24, 2.45) is 0 Å². The minimum absolute atomic E-state index is 0.0448. The van der Waals surface area contributed by atoms with Crippen LogP contribution in [0.1, 0.15) is 12.0 Å². The summed E-state index contributed by atoms with van der Waals surface area (Å²) in [5, 5.41) is 8.62. The van der Waals surface area contributed by atoms with Crippen LogP contribution in [0.4, 0.5) is 8.78 Å². The Morgan fingerprint density at radius 2 is 1.79 bits per heavy atom. The van der Waals surface area contributed by atoms with Crippen molar-refractivity contribution in [3.63, 3.8) is 0 Å². The van der Waals surface area contributed by atoms with E-state index in [1.807, 2.05) is 6.07 Å². The van der Waals surface area contributed by atoms with E-state index in [1.165, 1.54) is 13.1 Å². The summed E-state index contributed by atoms with van der Waals surface area (Å²) in [6.45, 7) is 0.416. The lowest BCUT2D eigenvalue weighted by Gasteiger charge is -2.28. The Bertz CT molecular complexity index is 689. The van der Waals surface area contributed by atoms with E-state index in [1.54, 1.807) is 19.0 Å². The van der Waals surface area contributed by atoms with Crippen molar-refractivity contribution >= 4 is 10.2 Å². The van der Waals surface area contributed by atoms with Crippen LogP contribution in [0.2, 0.25) is 0 Å². The highest BCUT2D eigenvalue weighted by Crippen LogP contribution is 2.16. The Balaban J connectivity index is 3.04. The molecule has 1 aromatic rings. The zero-order chi connectivity index (χ0) is 18.3. The number of rotatable bonds is 9. The molecule has 0 saturated heterocycles. The van der Waals surface area contributed by atoms with Gasteiger partial charge in [-0.25, -0.2) is 8.78 Å². The fourth-order valence-corrected chi connectivity index (χ4v) is 3.28. The molecule has 0 atom stereocenters. The molecule has 0 aromatic heterocycles. The minimum atomic E-state index is -3.87. The second-order valence-electron chi connectivity index (χ2n) is 5.61. The third-order valence-electron chi connectivity index (χ3n) is 3.42. The number of benzene rings is 1. The molecule has 0 aliphatic rings. The summed E-state index contributed by atoms with van der Waals surface area (Å²) in [7, 11) is 1.09. The molecule has 0 radical (unpaired) electrons. The molecule has 24 heavy (non-hydrogen) atoms. The standard InChI is InChI=1S/C15H22F2N4O2S/c1-19(2)9-10-21(24(22,23)20(3)8-4-7-18)12-13-5-6-14(16)11-15(13)17/h5-6,11H,4,8-10,12H2,1-3H3. The van der Waals surface area contributed by atoms with E-state index in [0.29, 0.717) is 6.54 Å². The first kappa shape index (κ1) is 20.4. The lowest BCUT2D eigenvalue weighted by atomic mass is 10.2. The van der Waals surface area contributed by atoms with Gasteiger partial charge in [0, 0.05) is 51.3 Å². The van der Waals surface area contributed by atoms with E-state index in [9.17, 15) is 17.2 Å². The fraction of sp³-hybridized carbons (Fsp3) is 0.533. The van der Waals surface area contributed by atoms with Gasteiger partial charge in [0.15, 0.2) is 0 Å². The minimum Gasteiger partial charge on any atom is -0.308 e. The summed E-state index contributed by atoms with van der Waals surface area (Å²) in [6, 6.07) is 4.94. The van der Waals surface area contributed by atoms with Crippen LogP contribution < -0.4 is 0 Å². The van der Waals surface area contributed by atoms with Crippen LogP contribution in [0, 0.1) is 23.0 Å². The maximum absolute atomic E-state index is 13.9. The van der Waals surface area contributed by atoms with Crippen LogP contribution in [0.25, 0.3) is 0 Å². The predicted molar refractivity (Wildman–Crippen MR) is 87.1 cm³/mol. The van der Waals surface area contributed by atoms with E-state index >= 15 is 0 Å². The van der Waals surface area contributed by atoms with E-state index < -0.39 is 21.8 Å². The SMILES string of the molecule is CN(C)CCN(Cc1ccc(F)cc1F)S(=O)(=O)N(C)CCC#N. The Morgan fingerprint density at radius 1 is 1.12 bits per heavy atom. The lowest BCUT2D eigenvalue weighted by Crippen LogP contribution is -2.44. The smallest absolute Gasteiger partial charge is 0.282 e. The molecular weight excluding hydrogens is 338 g/mol. The van der Waals surface area contributed by atoms with Crippen molar-refractivity contribution < 1.29 is 17.2 Å². The summed E-state index contributed by atoms with van der Waals surface area (Å²) >= 11 is 0. The summed E-state index contributed by atoms with van der Waals surface area (Å²) in [4.78, 5) is 1.80. The summed E-state index contributed by atoms with van der Waals surface area (Å²) in [6.07, 6.45) is 0.0577. The van der Waals surface area contributed by atoms with E-state index in [0.717, 1.165) is 20.7 Å².